The van der Waals surface area contributed by atoms with Crippen molar-refractivity contribution in [2.45, 2.75) is 44.4 Å². The van der Waals surface area contributed by atoms with Crippen molar-refractivity contribution in [1.82, 2.24) is 5.32 Å². The molecule has 174 valence electrons. The molecule has 0 bridgehead atoms. The topological polar surface area (TPSA) is 92.8 Å². The fourth-order valence-corrected chi connectivity index (χ4v) is 4.68. The van der Waals surface area contributed by atoms with Crippen molar-refractivity contribution in [3.8, 4) is 0 Å². The number of ether oxygens (including phenoxy) is 1. The highest BCUT2D eigenvalue weighted by Gasteiger charge is 2.34. The van der Waals surface area contributed by atoms with Crippen LogP contribution in [0.15, 0.2) is 54.6 Å². The molecule has 0 aromatic heterocycles. The van der Waals surface area contributed by atoms with Gasteiger partial charge in [0.15, 0.2) is 5.12 Å². The Morgan fingerprint density at radius 2 is 1.82 bits per heavy atom. The van der Waals surface area contributed by atoms with Gasteiger partial charge in [-0.05, 0) is 43.4 Å². The minimum Gasteiger partial charge on any atom is -0.465 e. The van der Waals surface area contributed by atoms with Crippen LogP contribution >= 0.6 is 11.8 Å². The molecule has 33 heavy (non-hydrogen) atoms. The Hall–Kier alpha value is -3.13. The summed E-state index contributed by atoms with van der Waals surface area (Å²) in [5, 5.41) is 2.01. The second kappa shape index (κ2) is 11.7. The average Bonchev–Trinajstić information content (AvgIpc) is 2.91. The van der Waals surface area contributed by atoms with E-state index in [1.165, 1.54) is 11.8 Å². The number of carbonyl (C=O) groups excluding carboxylic acids is 4. The van der Waals surface area contributed by atoms with Gasteiger partial charge in [0.2, 0.25) is 11.8 Å². The van der Waals surface area contributed by atoms with Crippen LogP contribution in [0.25, 0.3) is 0 Å². The molecule has 2 atom stereocenters. The molecule has 2 aromatic carbocycles. The van der Waals surface area contributed by atoms with Gasteiger partial charge in [-0.2, -0.15) is 0 Å². The molecule has 3 rings (SSSR count). The molecule has 0 aliphatic carbocycles. The SMILES string of the molecule is CCOC(=O)CN1C(=O)[C@@H](NC(=O)[C@H](Cc2ccccc2)SC(C)=O)CCc2ccccc21. The third-order valence-corrected chi connectivity index (χ3v) is 6.32. The normalized spacial score (nSPS) is 16.4. The van der Waals surface area contributed by atoms with E-state index in [1.54, 1.807) is 13.0 Å². The summed E-state index contributed by atoms with van der Waals surface area (Å²) in [5.74, 6) is -1.26. The number of hydrogen-bond donors (Lipinski definition) is 1. The summed E-state index contributed by atoms with van der Waals surface area (Å²) >= 11 is 0.953. The number of nitrogens with zero attached hydrogens (tertiary/aromatic N) is 1. The van der Waals surface area contributed by atoms with Crippen LogP contribution in [0, 0.1) is 0 Å². The van der Waals surface area contributed by atoms with Crippen LogP contribution in [-0.4, -0.2) is 47.3 Å². The Balaban J connectivity index is 1.80. The third kappa shape index (κ3) is 6.68. The van der Waals surface area contributed by atoms with Crippen molar-refractivity contribution in [1.29, 1.82) is 0 Å². The first-order valence-electron chi connectivity index (χ1n) is 11.0. The second-order valence-electron chi connectivity index (χ2n) is 7.75. The number of carbonyl (C=O) groups is 4. The zero-order valence-electron chi connectivity index (χ0n) is 18.8. The van der Waals surface area contributed by atoms with Crippen LogP contribution in [0.1, 0.15) is 31.4 Å². The van der Waals surface area contributed by atoms with E-state index < -0.39 is 17.3 Å². The average molecular weight is 469 g/mol. The number of benzene rings is 2. The van der Waals surface area contributed by atoms with Crippen molar-refractivity contribution in [2.24, 2.45) is 0 Å². The maximum Gasteiger partial charge on any atom is 0.326 e. The molecule has 2 aromatic rings. The van der Waals surface area contributed by atoms with E-state index in [1.807, 2.05) is 48.5 Å². The molecule has 7 nitrogen and oxygen atoms in total. The molecular weight excluding hydrogens is 440 g/mol. The molecule has 1 heterocycles. The van der Waals surface area contributed by atoms with Gasteiger partial charge in [-0.15, -0.1) is 0 Å². The molecule has 2 amide bonds. The number of esters is 1. The van der Waals surface area contributed by atoms with Gasteiger partial charge in [0.05, 0.1) is 11.9 Å². The summed E-state index contributed by atoms with van der Waals surface area (Å²) in [6.07, 6.45) is 1.32. The zero-order valence-corrected chi connectivity index (χ0v) is 19.6. The fourth-order valence-electron chi connectivity index (χ4n) is 3.83. The highest BCUT2D eigenvalue weighted by atomic mass is 32.2. The Morgan fingerprint density at radius 1 is 1.12 bits per heavy atom. The molecule has 1 N–H and O–H groups in total. The van der Waals surface area contributed by atoms with Crippen LogP contribution in [0.4, 0.5) is 5.69 Å². The van der Waals surface area contributed by atoms with Crippen LogP contribution in [0.3, 0.4) is 0 Å². The monoisotopic (exact) mass is 468 g/mol. The molecule has 8 heteroatoms. The second-order valence-corrected chi connectivity index (χ2v) is 9.13. The number of para-hydroxylation sites is 1. The summed E-state index contributed by atoms with van der Waals surface area (Å²) in [4.78, 5) is 52.0. The minimum absolute atomic E-state index is 0.172. The van der Waals surface area contributed by atoms with Crippen molar-refractivity contribution in [3.05, 3.63) is 65.7 Å². The Morgan fingerprint density at radius 3 is 2.52 bits per heavy atom. The van der Waals surface area contributed by atoms with Crippen LogP contribution < -0.4 is 10.2 Å². The molecule has 0 saturated carbocycles. The zero-order chi connectivity index (χ0) is 23.8. The summed E-state index contributed by atoms with van der Waals surface area (Å²) < 4.78 is 5.05. The van der Waals surface area contributed by atoms with Crippen molar-refractivity contribution < 1.29 is 23.9 Å². The lowest BCUT2D eigenvalue weighted by atomic mass is 10.1. The maximum atomic E-state index is 13.4. The number of rotatable bonds is 8. The Bertz CT molecular complexity index is 1010. The number of thioether (sulfide) groups is 1. The summed E-state index contributed by atoms with van der Waals surface area (Å²) in [6.45, 7) is 3.11. The van der Waals surface area contributed by atoms with E-state index in [0.717, 1.165) is 22.9 Å². The van der Waals surface area contributed by atoms with E-state index in [4.69, 9.17) is 4.74 Å². The van der Waals surface area contributed by atoms with Gasteiger partial charge in [0.25, 0.3) is 0 Å². The smallest absolute Gasteiger partial charge is 0.326 e. The first kappa shape index (κ1) is 24.5. The third-order valence-electron chi connectivity index (χ3n) is 5.32. The molecular formula is C25H28N2O5S. The van der Waals surface area contributed by atoms with Gasteiger partial charge in [-0.25, -0.2) is 0 Å². The largest absolute Gasteiger partial charge is 0.465 e. The first-order valence-corrected chi connectivity index (χ1v) is 11.8. The quantitative estimate of drug-likeness (QED) is 0.599. The number of anilines is 1. The predicted octanol–water partition coefficient (Wildman–Crippen LogP) is 2.90. The lowest BCUT2D eigenvalue weighted by Crippen LogP contribution is -2.51. The highest BCUT2D eigenvalue weighted by molar-refractivity contribution is 8.14. The van der Waals surface area contributed by atoms with Crippen LogP contribution in [0.5, 0.6) is 0 Å². The van der Waals surface area contributed by atoms with Gasteiger partial charge in [-0.1, -0.05) is 60.3 Å². The van der Waals surface area contributed by atoms with Gasteiger partial charge < -0.3 is 10.1 Å². The Labute approximate surface area is 197 Å². The molecule has 0 unspecified atom stereocenters. The first-order chi connectivity index (χ1) is 15.9. The summed E-state index contributed by atoms with van der Waals surface area (Å²) in [5.41, 5.74) is 2.49. The van der Waals surface area contributed by atoms with E-state index in [-0.39, 0.29) is 30.1 Å². The lowest BCUT2D eigenvalue weighted by molar-refractivity contribution is -0.142. The van der Waals surface area contributed by atoms with Gasteiger partial charge >= 0.3 is 5.97 Å². The lowest BCUT2D eigenvalue weighted by Gasteiger charge is -2.26. The number of hydrogen-bond acceptors (Lipinski definition) is 6. The number of amides is 2. The summed E-state index contributed by atoms with van der Waals surface area (Å²) in [7, 11) is 0. The van der Waals surface area contributed by atoms with Crippen molar-refractivity contribution in [3.63, 3.8) is 0 Å². The molecule has 1 aliphatic rings. The van der Waals surface area contributed by atoms with E-state index >= 15 is 0 Å². The maximum absolute atomic E-state index is 13.4. The number of nitrogens with one attached hydrogen (secondary N) is 1. The predicted molar refractivity (Wildman–Crippen MR) is 128 cm³/mol. The van der Waals surface area contributed by atoms with Crippen molar-refractivity contribution >= 4 is 40.3 Å². The van der Waals surface area contributed by atoms with Gasteiger partial charge in [0.1, 0.15) is 12.6 Å². The molecule has 0 saturated heterocycles. The minimum atomic E-state index is -0.815. The van der Waals surface area contributed by atoms with Gasteiger partial charge in [0, 0.05) is 12.6 Å². The van der Waals surface area contributed by atoms with Gasteiger partial charge in [-0.3, -0.25) is 24.1 Å². The van der Waals surface area contributed by atoms with Crippen LogP contribution in [-0.2, 0) is 36.8 Å². The van der Waals surface area contributed by atoms with Crippen molar-refractivity contribution in [2.75, 3.05) is 18.1 Å². The summed E-state index contributed by atoms with van der Waals surface area (Å²) in [6, 6.07) is 16.0. The fraction of sp³-hybridized carbons (Fsp3) is 0.360. The molecule has 1 aliphatic heterocycles. The highest BCUT2D eigenvalue weighted by Crippen LogP contribution is 2.27. The van der Waals surface area contributed by atoms with E-state index in [2.05, 4.69) is 5.32 Å². The van der Waals surface area contributed by atoms with E-state index in [9.17, 15) is 19.2 Å². The Kier molecular flexibility index (Phi) is 8.65. The van der Waals surface area contributed by atoms with Crippen LogP contribution in [0.2, 0.25) is 0 Å². The standard InChI is InChI=1S/C25H28N2O5S/c1-3-32-23(29)16-27-21-12-8-7-11-19(21)13-14-20(25(27)31)26-24(30)22(33-17(2)28)15-18-9-5-4-6-10-18/h4-12,20,22H,3,13-16H2,1-2H3,(H,26,30)/t20-,22-/m0/s1. The van der Waals surface area contributed by atoms with E-state index in [0.29, 0.717) is 24.9 Å². The molecule has 0 fully saturated rings. The number of fused-ring (bicyclic) bond motifs is 1. The number of aryl methyl sites for hydroxylation is 1. The molecule has 0 radical (unpaired) electrons. The molecule has 0 spiro atoms.